The molecule has 1 atom stereocenters. The maximum atomic E-state index is 12.1. The number of esters is 3. The van der Waals surface area contributed by atoms with Crippen LogP contribution >= 0.6 is 0 Å². The molecule has 0 spiro atoms. The number of phenols is 1. The molecule has 1 aliphatic heterocycles. The maximum absolute atomic E-state index is 12.1. The van der Waals surface area contributed by atoms with Gasteiger partial charge in [-0.05, 0) is 58.4 Å². The van der Waals surface area contributed by atoms with E-state index >= 15 is 0 Å². The molecule has 8 heteroatoms. The summed E-state index contributed by atoms with van der Waals surface area (Å²) >= 11 is 0. The minimum Gasteiger partial charge on any atom is -0.507 e. The Labute approximate surface area is 233 Å². The third-order valence-electron chi connectivity index (χ3n) is 6.94. The SMILES string of the molecule is [CH2]C([CH2])OC(=O)CC(C)CCCCCCCOC(=O)CC/C(C)=C/Cc1c(O)c2c(c(C)c1OC)COC2=O. The molecule has 0 aliphatic carbocycles. The molecular formula is C31H44O8. The summed E-state index contributed by atoms with van der Waals surface area (Å²) in [6, 6.07) is 0. The zero-order valence-electron chi connectivity index (χ0n) is 23.9. The first-order valence-electron chi connectivity index (χ1n) is 13.8. The van der Waals surface area contributed by atoms with Crippen molar-refractivity contribution in [3.8, 4) is 11.5 Å². The number of methoxy groups -OCH3 is 1. The Morgan fingerprint density at radius 1 is 1.10 bits per heavy atom. The molecule has 8 nitrogen and oxygen atoms in total. The van der Waals surface area contributed by atoms with Crippen molar-refractivity contribution in [2.75, 3.05) is 13.7 Å². The van der Waals surface area contributed by atoms with E-state index < -0.39 is 12.1 Å². The highest BCUT2D eigenvalue weighted by atomic mass is 16.5. The van der Waals surface area contributed by atoms with E-state index in [0.29, 0.717) is 42.7 Å². The summed E-state index contributed by atoms with van der Waals surface area (Å²) in [6.07, 6.45) is 8.95. The van der Waals surface area contributed by atoms with E-state index in [1.165, 1.54) is 7.11 Å². The lowest BCUT2D eigenvalue weighted by Crippen LogP contribution is -2.14. The summed E-state index contributed by atoms with van der Waals surface area (Å²) < 4.78 is 20.9. The predicted molar refractivity (Wildman–Crippen MR) is 148 cm³/mol. The Kier molecular flexibility index (Phi) is 13.3. The van der Waals surface area contributed by atoms with Crippen LogP contribution < -0.4 is 4.74 Å². The lowest BCUT2D eigenvalue weighted by Gasteiger charge is -2.15. The van der Waals surface area contributed by atoms with Gasteiger partial charge >= 0.3 is 17.9 Å². The molecule has 216 valence electrons. The van der Waals surface area contributed by atoms with Gasteiger partial charge in [0.15, 0.2) is 0 Å². The second kappa shape index (κ2) is 16.2. The normalized spacial score (nSPS) is 13.7. The van der Waals surface area contributed by atoms with Gasteiger partial charge in [-0.3, -0.25) is 9.59 Å². The number of carbonyl (C=O) groups is 3. The van der Waals surface area contributed by atoms with Crippen molar-refractivity contribution in [1.29, 1.82) is 0 Å². The molecule has 1 unspecified atom stereocenters. The molecular weight excluding hydrogens is 500 g/mol. The van der Waals surface area contributed by atoms with Crippen LogP contribution in [-0.4, -0.2) is 42.8 Å². The van der Waals surface area contributed by atoms with Gasteiger partial charge in [0.1, 0.15) is 29.8 Å². The number of rotatable bonds is 17. The van der Waals surface area contributed by atoms with Crippen LogP contribution in [0.3, 0.4) is 0 Å². The van der Waals surface area contributed by atoms with Crippen LogP contribution in [0.2, 0.25) is 0 Å². The average molecular weight is 545 g/mol. The zero-order chi connectivity index (χ0) is 28.9. The van der Waals surface area contributed by atoms with Crippen LogP contribution in [0.4, 0.5) is 0 Å². The lowest BCUT2D eigenvalue weighted by molar-refractivity contribution is -0.146. The summed E-state index contributed by atoms with van der Waals surface area (Å²) in [5.74, 6) is -0.277. The Bertz CT molecular complexity index is 1020. The molecule has 0 bridgehead atoms. The smallest absolute Gasteiger partial charge is 0.342 e. The molecule has 0 fully saturated rings. The molecule has 0 saturated heterocycles. The highest BCUT2D eigenvalue weighted by molar-refractivity contribution is 5.98. The average Bonchev–Trinajstić information content (AvgIpc) is 3.26. The summed E-state index contributed by atoms with van der Waals surface area (Å²) in [4.78, 5) is 35.8. The molecule has 1 aromatic carbocycles. The van der Waals surface area contributed by atoms with E-state index in [9.17, 15) is 19.5 Å². The predicted octanol–water partition coefficient (Wildman–Crippen LogP) is 6.14. The van der Waals surface area contributed by atoms with Gasteiger partial charge in [0.2, 0.25) is 0 Å². The Balaban J connectivity index is 1.63. The summed E-state index contributed by atoms with van der Waals surface area (Å²) in [5, 5.41) is 10.7. The van der Waals surface area contributed by atoms with Crippen LogP contribution in [0, 0.1) is 26.7 Å². The van der Waals surface area contributed by atoms with Crippen LogP contribution in [0.25, 0.3) is 0 Å². The first-order valence-corrected chi connectivity index (χ1v) is 13.8. The minimum atomic E-state index is -0.561. The van der Waals surface area contributed by atoms with Crippen molar-refractivity contribution in [1.82, 2.24) is 0 Å². The molecule has 2 rings (SSSR count). The van der Waals surface area contributed by atoms with Gasteiger partial charge in [0, 0.05) is 24.0 Å². The van der Waals surface area contributed by atoms with Crippen molar-refractivity contribution in [2.45, 2.75) is 97.7 Å². The second-order valence-corrected chi connectivity index (χ2v) is 10.4. The number of benzene rings is 1. The van der Waals surface area contributed by atoms with Crippen LogP contribution in [-0.2, 0) is 36.8 Å². The lowest BCUT2D eigenvalue weighted by atomic mass is 9.94. The Hall–Kier alpha value is -3.03. The quantitative estimate of drug-likeness (QED) is 0.108. The molecule has 1 aliphatic rings. The molecule has 0 saturated carbocycles. The van der Waals surface area contributed by atoms with Crippen LogP contribution in [0.1, 0.15) is 98.7 Å². The van der Waals surface area contributed by atoms with E-state index in [0.717, 1.165) is 49.7 Å². The van der Waals surface area contributed by atoms with E-state index in [1.54, 1.807) is 0 Å². The summed E-state index contributed by atoms with van der Waals surface area (Å²) in [7, 11) is 1.54. The molecule has 1 aromatic rings. The molecule has 2 radical (unpaired) electrons. The molecule has 0 amide bonds. The fourth-order valence-electron chi connectivity index (χ4n) is 4.71. The fourth-order valence-corrected chi connectivity index (χ4v) is 4.71. The number of allylic oxidation sites excluding steroid dienone is 2. The monoisotopic (exact) mass is 544 g/mol. The Morgan fingerprint density at radius 3 is 2.49 bits per heavy atom. The van der Waals surface area contributed by atoms with Gasteiger partial charge in [0.05, 0.1) is 13.7 Å². The van der Waals surface area contributed by atoms with Gasteiger partial charge in [-0.2, -0.15) is 0 Å². The molecule has 1 N–H and O–H groups in total. The number of phenolic OH excluding ortho intramolecular Hbond substituents is 1. The minimum absolute atomic E-state index is 0.102. The molecule has 1 heterocycles. The third kappa shape index (κ3) is 10.2. The van der Waals surface area contributed by atoms with Gasteiger partial charge in [-0.15, -0.1) is 0 Å². The Morgan fingerprint density at radius 2 is 1.79 bits per heavy atom. The molecule has 39 heavy (non-hydrogen) atoms. The van der Waals surface area contributed by atoms with Gasteiger partial charge in [-0.1, -0.05) is 50.7 Å². The first-order chi connectivity index (χ1) is 18.5. The van der Waals surface area contributed by atoms with Crippen molar-refractivity contribution in [2.24, 2.45) is 5.92 Å². The standard InChI is InChI=1S/C31H44O8/c1-20(2)39-27(33)18-22(4)12-10-8-7-9-11-17-37-26(32)16-14-21(3)13-15-24-29(34)28-25(19-38-31(28)35)23(5)30(24)36-6/h13,20,22,34H,1-2,7-12,14-19H2,3-6H3/b21-13+. The van der Waals surface area contributed by atoms with Gasteiger partial charge < -0.3 is 24.1 Å². The topological polar surface area (TPSA) is 108 Å². The zero-order valence-corrected chi connectivity index (χ0v) is 23.9. The van der Waals surface area contributed by atoms with E-state index in [-0.39, 0.29) is 42.2 Å². The van der Waals surface area contributed by atoms with Crippen LogP contribution in [0.5, 0.6) is 11.5 Å². The highest BCUT2D eigenvalue weighted by Gasteiger charge is 2.31. The maximum Gasteiger partial charge on any atom is 0.342 e. The number of unbranched alkanes of at least 4 members (excludes halogenated alkanes) is 4. The van der Waals surface area contributed by atoms with E-state index in [1.807, 2.05) is 26.8 Å². The number of hydrogen-bond donors (Lipinski definition) is 1. The van der Waals surface area contributed by atoms with Gasteiger partial charge in [0.25, 0.3) is 0 Å². The number of fused-ring (bicyclic) bond motifs is 1. The number of hydrogen-bond acceptors (Lipinski definition) is 8. The van der Waals surface area contributed by atoms with Gasteiger partial charge in [-0.25, -0.2) is 4.79 Å². The molecule has 0 aromatic heterocycles. The third-order valence-corrected chi connectivity index (χ3v) is 6.94. The number of ether oxygens (including phenoxy) is 4. The summed E-state index contributed by atoms with van der Waals surface area (Å²) in [5.41, 5.74) is 3.18. The van der Waals surface area contributed by atoms with Crippen LogP contribution in [0.15, 0.2) is 11.6 Å². The number of cyclic esters (lactones) is 1. The number of carbonyl (C=O) groups excluding carboxylic acids is 3. The number of aromatic hydroxyl groups is 1. The van der Waals surface area contributed by atoms with Crippen molar-refractivity contribution >= 4 is 17.9 Å². The second-order valence-electron chi connectivity index (χ2n) is 10.4. The summed E-state index contributed by atoms with van der Waals surface area (Å²) in [6.45, 7) is 13.5. The van der Waals surface area contributed by atoms with Crippen molar-refractivity contribution < 1.29 is 38.4 Å². The van der Waals surface area contributed by atoms with E-state index in [2.05, 4.69) is 13.8 Å². The van der Waals surface area contributed by atoms with Crippen molar-refractivity contribution in [3.63, 3.8) is 0 Å². The van der Waals surface area contributed by atoms with Crippen molar-refractivity contribution in [3.05, 3.63) is 47.8 Å². The highest BCUT2D eigenvalue weighted by Crippen LogP contribution is 2.42. The first kappa shape index (κ1) is 32.2. The van der Waals surface area contributed by atoms with E-state index in [4.69, 9.17) is 18.9 Å². The fraction of sp³-hybridized carbons (Fsp3) is 0.581. The largest absolute Gasteiger partial charge is 0.507 e.